The van der Waals surface area contributed by atoms with Crippen LogP contribution in [0, 0.1) is 3.57 Å². The summed E-state index contributed by atoms with van der Waals surface area (Å²) in [7, 11) is 0. The van der Waals surface area contributed by atoms with E-state index in [0.29, 0.717) is 0 Å². The Bertz CT molecular complexity index is 355. The van der Waals surface area contributed by atoms with Gasteiger partial charge >= 0.3 is 0 Å². The monoisotopic (exact) mass is 350 g/mol. The van der Waals surface area contributed by atoms with E-state index in [0.717, 1.165) is 33.4 Å². The molecule has 0 radical (unpaired) electrons. The van der Waals surface area contributed by atoms with Crippen LogP contribution in [0.15, 0.2) is 30.9 Å². The lowest BCUT2D eigenvalue weighted by molar-refractivity contribution is 0.501. The van der Waals surface area contributed by atoms with Crippen LogP contribution in [0.3, 0.4) is 0 Å². The number of halogens is 2. The Labute approximate surface area is 115 Å². The second-order valence-corrected chi connectivity index (χ2v) is 5.18. The molecule has 0 aromatic heterocycles. The fraction of sp³-hybridized carbons (Fsp3) is 0.333. The third kappa shape index (κ3) is 4.05. The standard InChI is InChI=1S/C12H16ClIN2/c1-2-3-4-5-12(16-15)9-6-7-11(14)10(13)8-9/h2,6-8,12,16H,1,3-5,15H2. The van der Waals surface area contributed by atoms with Crippen LogP contribution in [0.2, 0.25) is 5.02 Å². The molecule has 1 unspecified atom stereocenters. The minimum Gasteiger partial charge on any atom is -0.271 e. The number of nitrogens with two attached hydrogens (primary N) is 1. The molecule has 3 N–H and O–H groups in total. The third-order valence-electron chi connectivity index (χ3n) is 2.45. The maximum absolute atomic E-state index is 6.08. The fourth-order valence-corrected chi connectivity index (χ4v) is 2.07. The predicted octanol–water partition coefficient (Wildman–Crippen LogP) is 3.81. The highest BCUT2D eigenvalue weighted by Crippen LogP contribution is 2.25. The van der Waals surface area contributed by atoms with Gasteiger partial charge in [0.2, 0.25) is 0 Å². The molecule has 0 bridgehead atoms. The average Bonchev–Trinajstić information content (AvgIpc) is 2.29. The summed E-state index contributed by atoms with van der Waals surface area (Å²) in [6.07, 6.45) is 4.99. The van der Waals surface area contributed by atoms with Crippen molar-refractivity contribution in [3.63, 3.8) is 0 Å². The minimum atomic E-state index is 0.162. The van der Waals surface area contributed by atoms with E-state index in [4.69, 9.17) is 17.4 Å². The second kappa shape index (κ2) is 7.27. The van der Waals surface area contributed by atoms with Crippen molar-refractivity contribution in [2.75, 3.05) is 0 Å². The van der Waals surface area contributed by atoms with Crippen LogP contribution >= 0.6 is 34.2 Å². The highest BCUT2D eigenvalue weighted by molar-refractivity contribution is 14.1. The van der Waals surface area contributed by atoms with E-state index in [1.54, 1.807) is 0 Å². The quantitative estimate of drug-likeness (QED) is 0.269. The number of nitrogens with one attached hydrogen (secondary N) is 1. The summed E-state index contributed by atoms with van der Waals surface area (Å²) in [6.45, 7) is 3.71. The zero-order chi connectivity index (χ0) is 12.0. The van der Waals surface area contributed by atoms with E-state index < -0.39 is 0 Å². The Morgan fingerprint density at radius 3 is 2.88 bits per heavy atom. The summed E-state index contributed by atoms with van der Waals surface area (Å²) in [5, 5.41) is 0.780. The van der Waals surface area contributed by atoms with Crippen molar-refractivity contribution >= 4 is 34.2 Å². The number of rotatable bonds is 6. The van der Waals surface area contributed by atoms with Gasteiger partial charge in [-0.3, -0.25) is 11.3 Å². The van der Waals surface area contributed by atoms with Gasteiger partial charge in [-0.1, -0.05) is 23.7 Å². The van der Waals surface area contributed by atoms with E-state index in [2.05, 4.69) is 40.7 Å². The summed E-state index contributed by atoms with van der Waals surface area (Å²) < 4.78 is 1.06. The molecule has 0 aliphatic heterocycles. The van der Waals surface area contributed by atoms with Crippen molar-refractivity contribution < 1.29 is 0 Å². The van der Waals surface area contributed by atoms with Gasteiger partial charge in [0.05, 0.1) is 5.02 Å². The van der Waals surface area contributed by atoms with Crippen LogP contribution < -0.4 is 11.3 Å². The molecule has 88 valence electrons. The molecule has 1 rings (SSSR count). The van der Waals surface area contributed by atoms with Crippen LogP contribution in [0.1, 0.15) is 30.9 Å². The molecular formula is C12H16ClIN2. The molecule has 0 fully saturated rings. The Hall–Kier alpha value is -0.100. The average molecular weight is 351 g/mol. The van der Waals surface area contributed by atoms with E-state index >= 15 is 0 Å². The van der Waals surface area contributed by atoms with Crippen LogP contribution in [0.25, 0.3) is 0 Å². The SMILES string of the molecule is C=CCCCC(NN)c1ccc(I)c(Cl)c1. The van der Waals surface area contributed by atoms with Crippen molar-refractivity contribution in [3.05, 3.63) is 45.0 Å². The molecular weight excluding hydrogens is 335 g/mol. The molecule has 0 spiro atoms. The number of unbranched alkanes of at least 4 members (excludes halogenated alkanes) is 1. The van der Waals surface area contributed by atoms with Gasteiger partial charge < -0.3 is 0 Å². The Morgan fingerprint density at radius 1 is 1.56 bits per heavy atom. The molecule has 0 saturated carbocycles. The molecule has 16 heavy (non-hydrogen) atoms. The summed E-state index contributed by atoms with van der Waals surface area (Å²) in [5.74, 6) is 5.55. The maximum atomic E-state index is 6.08. The zero-order valence-electron chi connectivity index (χ0n) is 9.05. The van der Waals surface area contributed by atoms with Crippen molar-refractivity contribution in [2.45, 2.75) is 25.3 Å². The van der Waals surface area contributed by atoms with Gasteiger partial charge in [-0.15, -0.1) is 6.58 Å². The normalized spacial score (nSPS) is 12.4. The Kier molecular flexibility index (Phi) is 6.34. The number of hydrogen-bond acceptors (Lipinski definition) is 2. The van der Waals surface area contributed by atoms with Gasteiger partial charge in [-0.05, 0) is 59.5 Å². The first-order valence-corrected chi connectivity index (χ1v) is 6.66. The van der Waals surface area contributed by atoms with Gasteiger partial charge in [0, 0.05) is 9.61 Å². The van der Waals surface area contributed by atoms with Gasteiger partial charge in [-0.25, -0.2) is 0 Å². The number of hydrogen-bond donors (Lipinski definition) is 2. The Balaban J connectivity index is 2.70. The molecule has 2 nitrogen and oxygen atoms in total. The highest BCUT2D eigenvalue weighted by atomic mass is 127. The molecule has 0 amide bonds. The lowest BCUT2D eigenvalue weighted by atomic mass is 10.0. The van der Waals surface area contributed by atoms with Crippen LogP contribution in [-0.2, 0) is 0 Å². The molecule has 4 heteroatoms. The first-order chi connectivity index (χ1) is 7.69. The number of hydrazine groups is 1. The third-order valence-corrected chi connectivity index (χ3v) is 4.02. The number of allylic oxidation sites excluding steroid dienone is 1. The van der Waals surface area contributed by atoms with E-state index in [1.807, 2.05) is 18.2 Å². The smallest absolute Gasteiger partial charge is 0.0542 e. The molecule has 0 heterocycles. The summed E-state index contributed by atoms with van der Waals surface area (Å²) in [6, 6.07) is 6.21. The lowest BCUT2D eigenvalue weighted by Gasteiger charge is -2.16. The zero-order valence-corrected chi connectivity index (χ0v) is 12.0. The summed E-state index contributed by atoms with van der Waals surface area (Å²) in [4.78, 5) is 0. The molecule has 1 aromatic rings. The fourth-order valence-electron chi connectivity index (χ4n) is 1.54. The summed E-state index contributed by atoms with van der Waals surface area (Å²) in [5.41, 5.74) is 3.96. The van der Waals surface area contributed by atoms with E-state index in [9.17, 15) is 0 Å². The van der Waals surface area contributed by atoms with Gasteiger partial charge in [0.15, 0.2) is 0 Å². The predicted molar refractivity (Wildman–Crippen MR) is 78.3 cm³/mol. The molecule has 0 aliphatic rings. The first-order valence-electron chi connectivity index (χ1n) is 5.21. The van der Waals surface area contributed by atoms with Crippen molar-refractivity contribution in [1.82, 2.24) is 5.43 Å². The molecule has 1 aromatic carbocycles. The van der Waals surface area contributed by atoms with E-state index in [1.165, 1.54) is 0 Å². The van der Waals surface area contributed by atoms with Crippen LogP contribution in [0.5, 0.6) is 0 Å². The lowest BCUT2D eigenvalue weighted by Crippen LogP contribution is -2.28. The molecule has 0 saturated heterocycles. The van der Waals surface area contributed by atoms with Crippen LogP contribution in [-0.4, -0.2) is 0 Å². The van der Waals surface area contributed by atoms with Crippen molar-refractivity contribution in [2.24, 2.45) is 5.84 Å². The van der Waals surface area contributed by atoms with Crippen LogP contribution in [0.4, 0.5) is 0 Å². The number of benzene rings is 1. The largest absolute Gasteiger partial charge is 0.271 e. The van der Waals surface area contributed by atoms with Crippen molar-refractivity contribution in [3.8, 4) is 0 Å². The van der Waals surface area contributed by atoms with Crippen molar-refractivity contribution in [1.29, 1.82) is 0 Å². The molecule has 0 aliphatic carbocycles. The second-order valence-electron chi connectivity index (χ2n) is 3.61. The first kappa shape index (κ1) is 14.0. The van der Waals surface area contributed by atoms with E-state index in [-0.39, 0.29) is 6.04 Å². The summed E-state index contributed by atoms with van der Waals surface area (Å²) >= 11 is 8.30. The molecule has 1 atom stereocenters. The minimum absolute atomic E-state index is 0.162. The van der Waals surface area contributed by atoms with Gasteiger partial charge in [-0.2, -0.15) is 0 Å². The van der Waals surface area contributed by atoms with Gasteiger partial charge in [0.25, 0.3) is 0 Å². The van der Waals surface area contributed by atoms with Gasteiger partial charge in [0.1, 0.15) is 0 Å². The maximum Gasteiger partial charge on any atom is 0.0542 e. The topological polar surface area (TPSA) is 38.0 Å². The highest BCUT2D eigenvalue weighted by Gasteiger charge is 2.10. The Morgan fingerprint density at radius 2 is 2.31 bits per heavy atom.